The number of hydrogen-bond acceptors (Lipinski definition) is 3. The molecule has 0 fully saturated rings. The molecule has 5 nitrogen and oxygen atoms in total. The number of nitriles is 1. The van der Waals surface area contributed by atoms with Crippen LogP contribution in [0, 0.1) is 31.1 Å². The molecule has 2 aromatic rings. The van der Waals surface area contributed by atoms with Gasteiger partial charge in [-0.25, -0.2) is 0 Å². The van der Waals surface area contributed by atoms with Gasteiger partial charge in [0.15, 0.2) is 5.92 Å². The molecule has 5 heteroatoms. The summed E-state index contributed by atoms with van der Waals surface area (Å²) in [7, 11) is 1.75. The molecule has 0 aliphatic carbocycles. The first-order valence-corrected chi connectivity index (χ1v) is 6.88. The first-order chi connectivity index (χ1) is 10.5. The number of para-hydroxylation sites is 1. The van der Waals surface area contributed by atoms with Crippen molar-refractivity contribution >= 4 is 17.4 Å². The lowest BCUT2D eigenvalue weighted by Crippen LogP contribution is -2.30. The van der Waals surface area contributed by atoms with Gasteiger partial charge < -0.3 is 9.88 Å². The second kappa shape index (κ2) is 6.27. The normalized spacial score (nSPS) is 11.5. The maximum Gasteiger partial charge on any atom is 0.249 e. The quantitative estimate of drug-likeness (QED) is 0.696. The number of Topliss-reactive ketones (excluding diaryl/α,β-unsaturated/α-hetero) is 1. The number of anilines is 1. The number of aryl methyl sites for hydroxylation is 2. The summed E-state index contributed by atoms with van der Waals surface area (Å²) < 4.78 is 1.71. The van der Waals surface area contributed by atoms with Crippen LogP contribution in [-0.2, 0) is 11.8 Å². The monoisotopic (exact) mass is 295 g/mol. The third kappa shape index (κ3) is 2.91. The highest BCUT2D eigenvalue weighted by Crippen LogP contribution is 2.18. The number of carbonyl (C=O) groups excluding carboxylic acids is 2. The average molecular weight is 295 g/mol. The van der Waals surface area contributed by atoms with E-state index in [1.807, 2.05) is 25.1 Å². The molecule has 112 valence electrons. The molecule has 1 amide bonds. The molecular formula is C17H17N3O2. The van der Waals surface area contributed by atoms with Gasteiger partial charge in [0, 0.05) is 18.4 Å². The molecule has 1 aromatic carbocycles. The summed E-state index contributed by atoms with van der Waals surface area (Å²) in [6, 6.07) is 12.4. The lowest BCUT2D eigenvalue weighted by atomic mass is 10.00. The SMILES string of the molecule is Cc1cc(C)n(C)c1C(=O)C(C#N)C(=O)Nc1ccccc1. The van der Waals surface area contributed by atoms with Gasteiger partial charge in [-0.05, 0) is 37.6 Å². The molecule has 0 saturated heterocycles. The van der Waals surface area contributed by atoms with Crippen LogP contribution in [0.2, 0.25) is 0 Å². The van der Waals surface area contributed by atoms with Gasteiger partial charge in [0.2, 0.25) is 11.7 Å². The van der Waals surface area contributed by atoms with E-state index in [1.54, 1.807) is 42.8 Å². The summed E-state index contributed by atoms with van der Waals surface area (Å²) in [6.45, 7) is 3.67. The fourth-order valence-corrected chi connectivity index (χ4v) is 2.39. The molecule has 0 aliphatic rings. The van der Waals surface area contributed by atoms with E-state index < -0.39 is 17.6 Å². The number of rotatable bonds is 4. The zero-order valence-electron chi connectivity index (χ0n) is 12.8. The van der Waals surface area contributed by atoms with Gasteiger partial charge in [0.05, 0.1) is 11.8 Å². The van der Waals surface area contributed by atoms with Crippen molar-refractivity contribution < 1.29 is 9.59 Å². The van der Waals surface area contributed by atoms with Gasteiger partial charge in [0.1, 0.15) is 0 Å². The van der Waals surface area contributed by atoms with Crippen LogP contribution in [0.4, 0.5) is 5.69 Å². The van der Waals surface area contributed by atoms with Crippen molar-refractivity contribution in [3.05, 3.63) is 53.3 Å². The largest absolute Gasteiger partial charge is 0.345 e. The van der Waals surface area contributed by atoms with Crippen LogP contribution in [-0.4, -0.2) is 16.3 Å². The highest BCUT2D eigenvalue weighted by molar-refractivity contribution is 6.15. The maximum absolute atomic E-state index is 12.6. The minimum atomic E-state index is -1.37. The van der Waals surface area contributed by atoms with E-state index in [0.717, 1.165) is 11.3 Å². The molecule has 2 rings (SSSR count). The summed E-state index contributed by atoms with van der Waals surface area (Å²) in [5.74, 6) is -2.46. The van der Waals surface area contributed by atoms with Crippen molar-refractivity contribution in [1.82, 2.24) is 4.57 Å². The van der Waals surface area contributed by atoms with Gasteiger partial charge in [-0.1, -0.05) is 18.2 Å². The summed E-state index contributed by atoms with van der Waals surface area (Å²) in [5, 5.41) is 11.9. The molecule has 0 spiro atoms. The molecule has 1 heterocycles. The number of hydrogen-bond donors (Lipinski definition) is 1. The number of benzene rings is 1. The van der Waals surface area contributed by atoms with Crippen LogP contribution >= 0.6 is 0 Å². The zero-order chi connectivity index (χ0) is 16.3. The fraction of sp³-hybridized carbons (Fsp3) is 0.235. The van der Waals surface area contributed by atoms with E-state index >= 15 is 0 Å². The molecular weight excluding hydrogens is 278 g/mol. The fourth-order valence-electron chi connectivity index (χ4n) is 2.39. The first kappa shape index (κ1) is 15.5. The summed E-state index contributed by atoms with van der Waals surface area (Å²) >= 11 is 0. The first-order valence-electron chi connectivity index (χ1n) is 6.88. The summed E-state index contributed by atoms with van der Waals surface area (Å²) in [4.78, 5) is 24.8. The third-order valence-electron chi connectivity index (χ3n) is 3.59. The van der Waals surface area contributed by atoms with Crippen molar-refractivity contribution in [1.29, 1.82) is 5.26 Å². The lowest BCUT2D eigenvalue weighted by Gasteiger charge is -2.11. The second-order valence-electron chi connectivity index (χ2n) is 5.16. The van der Waals surface area contributed by atoms with Gasteiger partial charge in [-0.3, -0.25) is 9.59 Å². The van der Waals surface area contributed by atoms with Gasteiger partial charge >= 0.3 is 0 Å². The minimum absolute atomic E-state index is 0.396. The van der Waals surface area contributed by atoms with Crippen LogP contribution in [0.25, 0.3) is 0 Å². The number of amides is 1. The Labute approximate surface area is 129 Å². The topological polar surface area (TPSA) is 74.9 Å². The Morgan fingerprint density at radius 1 is 1.23 bits per heavy atom. The molecule has 1 N–H and O–H groups in total. The number of nitrogens with one attached hydrogen (secondary N) is 1. The Hall–Kier alpha value is -2.87. The Balaban J connectivity index is 2.26. The minimum Gasteiger partial charge on any atom is -0.345 e. The van der Waals surface area contributed by atoms with Crippen molar-refractivity contribution in [3.63, 3.8) is 0 Å². The number of aromatic nitrogens is 1. The van der Waals surface area contributed by atoms with Crippen LogP contribution in [0.15, 0.2) is 36.4 Å². The number of nitrogens with zero attached hydrogens (tertiary/aromatic N) is 2. The number of ketones is 1. The molecule has 0 aliphatic heterocycles. The predicted octanol–water partition coefficient (Wildman–Crippen LogP) is 2.60. The smallest absolute Gasteiger partial charge is 0.249 e. The van der Waals surface area contributed by atoms with Gasteiger partial charge in [-0.2, -0.15) is 5.26 Å². The second-order valence-corrected chi connectivity index (χ2v) is 5.16. The average Bonchev–Trinajstić information content (AvgIpc) is 2.73. The lowest BCUT2D eigenvalue weighted by molar-refractivity contribution is -0.117. The van der Waals surface area contributed by atoms with Crippen LogP contribution in [0.5, 0.6) is 0 Å². The molecule has 0 bridgehead atoms. The van der Waals surface area contributed by atoms with E-state index in [9.17, 15) is 14.9 Å². The molecule has 0 saturated carbocycles. The van der Waals surface area contributed by atoms with E-state index in [-0.39, 0.29) is 0 Å². The Morgan fingerprint density at radius 2 is 1.86 bits per heavy atom. The molecule has 1 atom stereocenters. The van der Waals surface area contributed by atoms with Crippen LogP contribution in [0.3, 0.4) is 0 Å². The van der Waals surface area contributed by atoms with E-state index in [2.05, 4.69) is 5.32 Å². The maximum atomic E-state index is 12.6. The molecule has 22 heavy (non-hydrogen) atoms. The summed E-state index contributed by atoms with van der Waals surface area (Å²) in [5.41, 5.74) is 2.62. The standard InChI is InChI=1S/C17H17N3O2/c1-11-9-12(2)20(3)15(11)16(21)14(10-18)17(22)19-13-7-5-4-6-8-13/h4-9,14H,1-3H3,(H,19,22). The van der Waals surface area contributed by atoms with E-state index in [0.29, 0.717) is 11.4 Å². The Bertz CT molecular complexity index is 754. The summed E-state index contributed by atoms with van der Waals surface area (Å²) in [6.07, 6.45) is 0. The highest BCUT2D eigenvalue weighted by Gasteiger charge is 2.30. The van der Waals surface area contributed by atoms with Crippen LogP contribution in [0.1, 0.15) is 21.7 Å². The van der Waals surface area contributed by atoms with Crippen LogP contribution < -0.4 is 5.32 Å². The van der Waals surface area contributed by atoms with Gasteiger partial charge in [0.25, 0.3) is 0 Å². The van der Waals surface area contributed by atoms with Gasteiger partial charge in [-0.15, -0.1) is 0 Å². The van der Waals surface area contributed by atoms with Crippen molar-refractivity contribution in [2.24, 2.45) is 13.0 Å². The predicted molar refractivity (Wildman–Crippen MR) is 83.4 cm³/mol. The molecule has 1 unspecified atom stereocenters. The number of carbonyl (C=O) groups is 2. The molecule has 0 radical (unpaired) electrons. The van der Waals surface area contributed by atoms with E-state index in [1.165, 1.54) is 0 Å². The van der Waals surface area contributed by atoms with E-state index in [4.69, 9.17) is 0 Å². The molecule has 1 aromatic heterocycles. The van der Waals surface area contributed by atoms with Crippen molar-refractivity contribution in [2.75, 3.05) is 5.32 Å². The zero-order valence-corrected chi connectivity index (χ0v) is 12.8. The Kier molecular flexibility index (Phi) is 4.42. The highest BCUT2D eigenvalue weighted by atomic mass is 16.2. The third-order valence-corrected chi connectivity index (χ3v) is 3.59. The van der Waals surface area contributed by atoms with Crippen molar-refractivity contribution in [2.45, 2.75) is 13.8 Å². The Morgan fingerprint density at radius 3 is 2.36 bits per heavy atom. The van der Waals surface area contributed by atoms with Crippen molar-refractivity contribution in [3.8, 4) is 6.07 Å².